The van der Waals surface area contributed by atoms with Gasteiger partial charge >= 0.3 is 0 Å². The lowest BCUT2D eigenvalue weighted by molar-refractivity contribution is -0.116. The van der Waals surface area contributed by atoms with Crippen molar-refractivity contribution in [2.24, 2.45) is 0 Å². The van der Waals surface area contributed by atoms with Crippen molar-refractivity contribution >= 4 is 22.4 Å². The first kappa shape index (κ1) is 13.5. The van der Waals surface area contributed by atoms with Gasteiger partial charge in [0, 0.05) is 30.8 Å². The van der Waals surface area contributed by atoms with E-state index in [-0.39, 0.29) is 5.91 Å². The molecule has 0 saturated heterocycles. The summed E-state index contributed by atoms with van der Waals surface area (Å²) in [4.78, 5) is 19.9. The lowest BCUT2D eigenvalue weighted by Gasteiger charge is -2.23. The van der Waals surface area contributed by atoms with Gasteiger partial charge in [0.25, 0.3) is 0 Å². The van der Waals surface area contributed by atoms with E-state index in [1.807, 2.05) is 0 Å². The number of amides is 1. The van der Waals surface area contributed by atoms with Gasteiger partial charge in [0.05, 0.1) is 5.69 Å². The van der Waals surface area contributed by atoms with E-state index >= 15 is 0 Å². The average Bonchev–Trinajstić information content (AvgIpc) is 2.77. The monoisotopic (exact) mass is 267 g/mol. The van der Waals surface area contributed by atoms with Gasteiger partial charge in [0.15, 0.2) is 5.13 Å². The van der Waals surface area contributed by atoms with E-state index in [0.29, 0.717) is 6.42 Å². The normalized spacial score (nSPS) is 15.4. The minimum atomic E-state index is 0.0929. The van der Waals surface area contributed by atoms with Gasteiger partial charge in [-0.1, -0.05) is 20.3 Å². The van der Waals surface area contributed by atoms with Crippen molar-refractivity contribution < 1.29 is 4.79 Å². The van der Waals surface area contributed by atoms with Crippen molar-refractivity contribution in [2.75, 3.05) is 18.4 Å². The van der Waals surface area contributed by atoms with Crippen LogP contribution in [-0.2, 0) is 17.8 Å². The van der Waals surface area contributed by atoms with Crippen molar-refractivity contribution in [3.8, 4) is 0 Å². The Hall–Kier alpha value is -0.940. The second-order valence-electron chi connectivity index (χ2n) is 4.66. The van der Waals surface area contributed by atoms with Gasteiger partial charge in [-0.25, -0.2) is 4.98 Å². The number of nitrogens with one attached hydrogen (secondary N) is 1. The van der Waals surface area contributed by atoms with Crippen molar-refractivity contribution in [3.63, 3.8) is 0 Å². The number of hydrogen-bond donors (Lipinski definition) is 1. The van der Waals surface area contributed by atoms with Crippen molar-refractivity contribution in [2.45, 2.75) is 46.1 Å². The molecule has 18 heavy (non-hydrogen) atoms. The van der Waals surface area contributed by atoms with Gasteiger partial charge in [-0.2, -0.15) is 0 Å². The third-order valence-corrected chi connectivity index (χ3v) is 4.26. The fourth-order valence-electron chi connectivity index (χ4n) is 2.09. The van der Waals surface area contributed by atoms with Crippen LogP contribution in [0.5, 0.6) is 0 Å². The van der Waals surface area contributed by atoms with Gasteiger partial charge in [-0.05, 0) is 13.0 Å². The van der Waals surface area contributed by atoms with Crippen molar-refractivity contribution in [3.05, 3.63) is 10.6 Å². The minimum absolute atomic E-state index is 0.0929. The molecule has 1 amide bonds. The van der Waals surface area contributed by atoms with E-state index in [0.717, 1.165) is 44.0 Å². The Labute approximate surface area is 112 Å². The number of carbonyl (C=O) groups is 1. The summed E-state index contributed by atoms with van der Waals surface area (Å²) in [6.07, 6.45) is 3.60. The fraction of sp³-hybridized carbons (Fsp3) is 0.692. The summed E-state index contributed by atoms with van der Waals surface area (Å²) in [6, 6.07) is 0. The molecule has 0 bridgehead atoms. The van der Waals surface area contributed by atoms with E-state index < -0.39 is 0 Å². The maximum atomic E-state index is 11.6. The van der Waals surface area contributed by atoms with Crippen molar-refractivity contribution in [1.29, 1.82) is 0 Å². The van der Waals surface area contributed by atoms with Crippen LogP contribution in [0.25, 0.3) is 0 Å². The van der Waals surface area contributed by atoms with Crippen molar-refractivity contribution in [1.82, 2.24) is 9.88 Å². The molecule has 0 radical (unpaired) electrons. The van der Waals surface area contributed by atoms with Gasteiger partial charge in [0.2, 0.25) is 5.91 Å². The molecule has 1 aromatic heterocycles. The van der Waals surface area contributed by atoms with Gasteiger partial charge in [0.1, 0.15) is 0 Å². The number of fused-ring (bicyclic) bond motifs is 1. The van der Waals surface area contributed by atoms with Crippen LogP contribution in [0.1, 0.15) is 43.7 Å². The number of carbonyl (C=O) groups excluding carboxylic acids is 1. The third-order valence-electron chi connectivity index (χ3n) is 3.26. The highest BCUT2D eigenvalue weighted by molar-refractivity contribution is 7.15. The molecule has 0 saturated carbocycles. The number of unbranched alkanes of at least 4 members (excludes halogenated alkanes) is 1. The Morgan fingerprint density at radius 3 is 3.06 bits per heavy atom. The number of aromatic nitrogens is 1. The van der Waals surface area contributed by atoms with Crippen LogP contribution in [0, 0.1) is 0 Å². The third kappa shape index (κ3) is 3.29. The molecule has 0 unspecified atom stereocenters. The second kappa shape index (κ2) is 6.29. The Bertz CT molecular complexity index is 416. The summed E-state index contributed by atoms with van der Waals surface area (Å²) < 4.78 is 0. The standard InChI is InChI=1S/C13H21N3OS/c1-3-5-6-12(17)15-13-14-10-7-8-16(4-2)9-11(10)18-13/h3-9H2,1-2H3,(H,14,15,17). The van der Waals surface area contributed by atoms with Crippen LogP contribution in [0.3, 0.4) is 0 Å². The molecule has 1 N–H and O–H groups in total. The number of rotatable bonds is 5. The zero-order valence-corrected chi connectivity index (χ0v) is 12.0. The zero-order chi connectivity index (χ0) is 13.0. The van der Waals surface area contributed by atoms with E-state index in [2.05, 4.69) is 29.0 Å². The first-order chi connectivity index (χ1) is 8.72. The van der Waals surface area contributed by atoms with Crippen LogP contribution in [0.15, 0.2) is 0 Å². The highest BCUT2D eigenvalue weighted by atomic mass is 32.1. The molecule has 1 aromatic rings. The molecule has 1 aliphatic heterocycles. The predicted molar refractivity (Wildman–Crippen MR) is 74.9 cm³/mol. The van der Waals surface area contributed by atoms with Crippen LogP contribution < -0.4 is 5.32 Å². The number of hydrogen-bond acceptors (Lipinski definition) is 4. The molecule has 0 spiro atoms. The summed E-state index contributed by atoms with van der Waals surface area (Å²) in [7, 11) is 0. The van der Waals surface area contributed by atoms with Gasteiger partial charge in [-0.3, -0.25) is 9.69 Å². The molecular weight excluding hydrogens is 246 g/mol. The smallest absolute Gasteiger partial charge is 0.226 e. The Morgan fingerprint density at radius 1 is 1.50 bits per heavy atom. The SMILES string of the molecule is CCCCC(=O)Nc1nc2c(s1)CN(CC)CC2. The predicted octanol–water partition coefficient (Wildman–Crippen LogP) is 2.65. The van der Waals surface area contributed by atoms with E-state index in [9.17, 15) is 4.79 Å². The van der Waals surface area contributed by atoms with E-state index in [1.165, 1.54) is 10.6 Å². The molecule has 0 aliphatic carbocycles. The quantitative estimate of drug-likeness (QED) is 0.892. The van der Waals surface area contributed by atoms with Crippen LogP contribution in [0.2, 0.25) is 0 Å². The molecule has 0 atom stereocenters. The first-order valence-electron chi connectivity index (χ1n) is 6.73. The second-order valence-corrected chi connectivity index (χ2v) is 5.74. The Morgan fingerprint density at radius 2 is 2.33 bits per heavy atom. The number of nitrogens with zero attached hydrogens (tertiary/aromatic N) is 2. The molecule has 0 aromatic carbocycles. The molecule has 5 heteroatoms. The van der Waals surface area contributed by atoms with Crippen LogP contribution in [-0.4, -0.2) is 28.9 Å². The zero-order valence-electron chi connectivity index (χ0n) is 11.2. The Balaban J connectivity index is 1.95. The largest absolute Gasteiger partial charge is 0.302 e. The highest BCUT2D eigenvalue weighted by Gasteiger charge is 2.20. The van der Waals surface area contributed by atoms with E-state index in [1.54, 1.807) is 11.3 Å². The molecular formula is C13H21N3OS. The molecule has 2 heterocycles. The fourth-order valence-corrected chi connectivity index (χ4v) is 3.16. The minimum Gasteiger partial charge on any atom is -0.302 e. The maximum absolute atomic E-state index is 11.6. The molecule has 4 nitrogen and oxygen atoms in total. The number of likely N-dealkylation sites (N-methyl/N-ethyl adjacent to an activating group) is 1. The van der Waals surface area contributed by atoms with Crippen LogP contribution >= 0.6 is 11.3 Å². The van der Waals surface area contributed by atoms with Crippen LogP contribution in [0.4, 0.5) is 5.13 Å². The van der Waals surface area contributed by atoms with E-state index in [4.69, 9.17) is 0 Å². The summed E-state index contributed by atoms with van der Waals surface area (Å²) in [5, 5.41) is 3.69. The average molecular weight is 267 g/mol. The summed E-state index contributed by atoms with van der Waals surface area (Å²) in [5.41, 5.74) is 1.18. The first-order valence-corrected chi connectivity index (χ1v) is 7.55. The molecule has 0 fully saturated rings. The lowest BCUT2D eigenvalue weighted by Crippen LogP contribution is -2.29. The lowest BCUT2D eigenvalue weighted by atomic mass is 10.2. The highest BCUT2D eigenvalue weighted by Crippen LogP contribution is 2.28. The van der Waals surface area contributed by atoms with Gasteiger partial charge < -0.3 is 5.32 Å². The van der Waals surface area contributed by atoms with Gasteiger partial charge in [-0.15, -0.1) is 11.3 Å². The Kier molecular flexibility index (Phi) is 4.72. The molecule has 1 aliphatic rings. The summed E-state index contributed by atoms with van der Waals surface area (Å²) in [6.45, 7) is 7.41. The summed E-state index contributed by atoms with van der Waals surface area (Å²) >= 11 is 1.63. The topological polar surface area (TPSA) is 45.2 Å². The number of thiazole rings is 1. The number of anilines is 1. The maximum Gasteiger partial charge on any atom is 0.226 e. The molecule has 100 valence electrons. The molecule has 2 rings (SSSR count). The summed E-state index contributed by atoms with van der Waals surface area (Å²) in [5.74, 6) is 0.0929.